The standard InChI is InChI=1S/C21H21ClN4OS/c1-27-14-13-25-12-4-6-18(25)20-19(17-5-2-3-11-23-17)24-21(28)26(20)16-9-7-15(22)8-10-16/h2-12,19-20H,13-14H2,1H3,(H,24,28)/t19-,20-/m0/s1. The van der Waals surface area contributed by atoms with Crippen LogP contribution in [0, 0.1) is 0 Å². The summed E-state index contributed by atoms with van der Waals surface area (Å²) >= 11 is 11.8. The third-order valence-corrected chi connectivity index (χ3v) is 5.47. The van der Waals surface area contributed by atoms with E-state index < -0.39 is 0 Å². The van der Waals surface area contributed by atoms with Crippen LogP contribution in [0.15, 0.2) is 67.0 Å². The smallest absolute Gasteiger partial charge is 0.174 e. The summed E-state index contributed by atoms with van der Waals surface area (Å²) < 4.78 is 7.50. The largest absolute Gasteiger partial charge is 0.383 e. The zero-order valence-electron chi connectivity index (χ0n) is 15.5. The maximum absolute atomic E-state index is 6.10. The molecule has 2 atom stereocenters. The van der Waals surface area contributed by atoms with Crippen LogP contribution in [0.1, 0.15) is 23.5 Å². The minimum absolute atomic E-state index is 0.0459. The van der Waals surface area contributed by atoms with Crippen LogP contribution in [-0.2, 0) is 11.3 Å². The molecular formula is C21H21ClN4OS. The molecule has 3 heterocycles. The first kappa shape index (κ1) is 18.9. The number of methoxy groups -OCH3 is 1. The molecular weight excluding hydrogens is 392 g/mol. The van der Waals surface area contributed by atoms with Crippen LogP contribution >= 0.6 is 23.8 Å². The SMILES string of the molecule is COCCn1cccc1[C@H]1[C@H](c2ccccn2)NC(=S)N1c1ccc(Cl)cc1. The molecule has 1 aromatic carbocycles. The van der Waals surface area contributed by atoms with Gasteiger partial charge in [0.05, 0.1) is 18.3 Å². The van der Waals surface area contributed by atoms with Gasteiger partial charge < -0.3 is 19.5 Å². The van der Waals surface area contributed by atoms with Gasteiger partial charge in [-0.2, -0.15) is 0 Å². The molecule has 1 aliphatic heterocycles. The molecule has 1 aliphatic rings. The number of thiocarbonyl (C=S) groups is 1. The lowest BCUT2D eigenvalue weighted by Gasteiger charge is -2.29. The minimum Gasteiger partial charge on any atom is -0.383 e. The van der Waals surface area contributed by atoms with Gasteiger partial charge in [-0.25, -0.2) is 0 Å². The predicted octanol–water partition coefficient (Wildman–Crippen LogP) is 4.36. The second-order valence-corrected chi connectivity index (χ2v) is 7.42. The Morgan fingerprint density at radius 3 is 2.68 bits per heavy atom. The first-order valence-corrected chi connectivity index (χ1v) is 9.88. The van der Waals surface area contributed by atoms with E-state index in [9.17, 15) is 0 Å². The van der Waals surface area contributed by atoms with Gasteiger partial charge in [0, 0.05) is 42.5 Å². The Balaban J connectivity index is 1.80. The number of pyridine rings is 1. The van der Waals surface area contributed by atoms with E-state index in [1.807, 2.05) is 48.7 Å². The molecule has 0 saturated carbocycles. The molecule has 28 heavy (non-hydrogen) atoms. The summed E-state index contributed by atoms with van der Waals surface area (Å²) in [4.78, 5) is 6.73. The van der Waals surface area contributed by atoms with Crippen LogP contribution in [0.4, 0.5) is 5.69 Å². The zero-order chi connectivity index (χ0) is 19.5. The van der Waals surface area contributed by atoms with Crippen LogP contribution in [0.25, 0.3) is 0 Å². The van der Waals surface area contributed by atoms with Gasteiger partial charge in [0.1, 0.15) is 6.04 Å². The maximum atomic E-state index is 6.10. The van der Waals surface area contributed by atoms with Crippen molar-refractivity contribution in [2.24, 2.45) is 0 Å². The number of nitrogens with zero attached hydrogens (tertiary/aromatic N) is 3. The van der Waals surface area contributed by atoms with E-state index in [0.717, 1.165) is 23.6 Å². The Kier molecular flexibility index (Phi) is 5.62. The molecule has 144 valence electrons. The minimum atomic E-state index is -0.0689. The molecule has 7 heteroatoms. The number of hydrogen-bond acceptors (Lipinski definition) is 3. The lowest BCUT2D eigenvalue weighted by Crippen LogP contribution is -2.30. The van der Waals surface area contributed by atoms with Crippen LogP contribution < -0.4 is 10.2 Å². The van der Waals surface area contributed by atoms with Gasteiger partial charge in [-0.05, 0) is 60.7 Å². The lowest BCUT2D eigenvalue weighted by molar-refractivity contribution is 0.186. The van der Waals surface area contributed by atoms with Crippen LogP contribution in [0.5, 0.6) is 0 Å². The van der Waals surface area contributed by atoms with Crippen molar-refractivity contribution in [3.63, 3.8) is 0 Å². The van der Waals surface area contributed by atoms with Gasteiger partial charge in [0.15, 0.2) is 5.11 Å². The predicted molar refractivity (Wildman–Crippen MR) is 116 cm³/mol. The topological polar surface area (TPSA) is 42.3 Å². The summed E-state index contributed by atoms with van der Waals surface area (Å²) in [6.45, 7) is 1.41. The summed E-state index contributed by atoms with van der Waals surface area (Å²) in [7, 11) is 1.71. The van der Waals surface area contributed by atoms with Crippen molar-refractivity contribution in [2.45, 2.75) is 18.6 Å². The van der Waals surface area contributed by atoms with Crippen LogP contribution in [0.3, 0.4) is 0 Å². The molecule has 1 saturated heterocycles. The highest BCUT2D eigenvalue weighted by molar-refractivity contribution is 7.80. The number of ether oxygens (including phenoxy) is 1. The summed E-state index contributed by atoms with van der Waals surface area (Å²) in [5, 5.41) is 4.84. The zero-order valence-corrected chi connectivity index (χ0v) is 17.0. The van der Waals surface area contributed by atoms with Crippen molar-refractivity contribution < 1.29 is 4.74 Å². The number of rotatable bonds is 6. The van der Waals surface area contributed by atoms with Crippen LogP contribution in [-0.4, -0.2) is 28.4 Å². The maximum Gasteiger partial charge on any atom is 0.174 e. The fourth-order valence-corrected chi connectivity index (χ4v) is 4.10. The van der Waals surface area contributed by atoms with Gasteiger partial charge in [-0.3, -0.25) is 4.98 Å². The molecule has 0 amide bonds. The summed E-state index contributed by atoms with van der Waals surface area (Å²) in [6.07, 6.45) is 3.89. The Morgan fingerprint density at radius 1 is 1.14 bits per heavy atom. The number of aromatic nitrogens is 2. The second kappa shape index (κ2) is 8.31. The van der Waals surface area contributed by atoms with E-state index >= 15 is 0 Å². The molecule has 5 nitrogen and oxygen atoms in total. The van der Waals surface area contributed by atoms with E-state index in [1.165, 1.54) is 0 Å². The second-order valence-electron chi connectivity index (χ2n) is 6.59. The Morgan fingerprint density at radius 2 is 1.96 bits per heavy atom. The number of nitrogens with one attached hydrogen (secondary N) is 1. The molecule has 1 N–H and O–H groups in total. The summed E-state index contributed by atoms with van der Waals surface area (Å²) in [5.41, 5.74) is 3.09. The van der Waals surface area contributed by atoms with E-state index in [1.54, 1.807) is 7.11 Å². The quantitative estimate of drug-likeness (QED) is 0.609. The van der Waals surface area contributed by atoms with Gasteiger partial charge >= 0.3 is 0 Å². The molecule has 0 unspecified atom stereocenters. The Labute approximate surface area is 174 Å². The normalized spacial score (nSPS) is 19.1. The van der Waals surface area contributed by atoms with Crippen molar-refractivity contribution in [1.82, 2.24) is 14.9 Å². The third-order valence-electron chi connectivity index (χ3n) is 4.91. The number of hydrogen-bond donors (Lipinski definition) is 1. The highest BCUT2D eigenvalue weighted by Crippen LogP contribution is 2.41. The summed E-state index contributed by atoms with van der Waals surface area (Å²) in [6, 6.07) is 17.8. The Bertz CT molecular complexity index is 945. The van der Waals surface area contributed by atoms with Crippen molar-refractivity contribution in [3.05, 3.63) is 83.4 Å². The molecule has 0 radical (unpaired) electrons. The molecule has 0 aliphatic carbocycles. The average molecular weight is 413 g/mol. The fraction of sp³-hybridized carbons (Fsp3) is 0.238. The molecule has 2 aromatic heterocycles. The van der Waals surface area contributed by atoms with Gasteiger partial charge in [0.2, 0.25) is 0 Å². The lowest BCUT2D eigenvalue weighted by atomic mass is 10.0. The van der Waals surface area contributed by atoms with E-state index in [4.69, 9.17) is 28.6 Å². The molecule has 0 spiro atoms. The summed E-state index contributed by atoms with van der Waals surface area (Å²) in [5.74, 6) is 0. The Hall–Kier alpha value is -2.41. The van der Waals surface area contributed by atoms with Crippen molar-refractivity contribution in [1.29, 1.82) is 0 Å². The molecule has 4 rings (SSSR count). The van der Waals surface area contributed by atoms with Crippen LogP contribution in [0.2, 0.25) is 5.02 Å². The van der Waals surface area contributed by atoms with Gasteiger partial charge in [-0.1, -0.05) is 17.7 Å². The highest BCUT2D eigenvalue weighted by atomic mass is 35.5. The van der Waals surface area contributed by atoms with Gasteiger partial charge in [-0.15, -0.1) is 0 Å². The molecule has 0 bridgehead atoms. The van der Waals surface area contributed by atoms with E-state index in [0.29, 0.717) is 16.7 Å². The number of halogens is 1. The highest BCUT2D eigenvalue weighted by Gasteiger charge is 2.41. The van der Waals surface area contributed by atoms with E-state index in [2.05, 4.69) is 38.1 Å². The molecule has 1 fully saturated rings. The van der Waals surface area contributed by atoms with Gasteiger partial charge in [0.25, 0.3) is 0 Å². The average Bonchev–Trinajstić information content (AvgIpc) is 3.31. The van der Waals surface area contributed by atoms with E-state index in [-0.39, 0.29) is 12.1 Å². The number of anilines is 1. The molecule has 3 aromatic rings. The fourth-order valence-electron chi connectivity index (χ4n) is 3.62. The van der Waals surface area contributed by atoms with Crippen molar-refractivity contribution >= 4 is 34.6 Å². The number of benzene rings is 1. The monoisotopic (exact) mass is 412 g/mol. The third kappa shape index (κ3) is 3.63. The first-order valence-electron chi connectivity index (χ1n) is 9.09. The van der Waals surface area contributed by atoms with Crippen molar-refractivity contribution in [2.75, 3.05) is 18.6 Å². The van der Waals surface area contributed by atoms with Crippen molar-refractivity contribution in [3.8, 4) is 0 Å². The first-order chi connectivity index (χ1) is 13.7.